The first kappa shape index (κ1) is 22.3. The molecule has 3 aromatic rings. The Labute approximate surface area is 195 Å². The van der Waals surface area contributed by atoms with Crippen molar-refractivity contribution in [1.82, 2.24) is 5.32 Å². The molecule has 0 aliphatic heterocycles. The van der Waals surface area contributed by atoms with Crippen LogP contribution in [-0.4, -0.2) is 35.6 Å². The minimum Gasteiger partial charge on any atom is -0.449 e. The van der Waals surface area contributed by atoms with E-state index in [9.17, 15) is 15.0 Å². The zero-order valence-corrected chi connectivity index (χ0v) is 19.0. The summed E-state index contributed by atoms with van der Waals surface area (Å²) in [6.45, 7) is 0.381. The minimum absolute atomic E-state index is 0.0130. The number of benzene rings is 3. The minimum atomic E-state index is -1.15. The number of alkyl carbamates (subject to hydrolysis) is 1. The molecule has 4 rings (SSSR count). The van der Waals surface area contributed by atoms with Gasteiger partial charge < -0.3 is 26.0 Å². The maximum Gasteiger partial charge on any atom is 0.407 e. The SMILES string of the molecule is Nc1cc(Br)ccc1C(O)C(O)CCNC(=O)OCC1c2ccccc2-c2ccccc21. The van der Waals surface area contributed by atoms with Crippen molar-refractivity contribution in [2.45, 2.75) is 24.5 Å². The Kier molecular flexibility index (Phi) is 6.79. The second-order valence-corrected chi connectivity index (χ2v) is 8.74. The van der Waals surface area contributed by atoms with E-state index in [4.69, 9.17) is 10.5 Å². The van der Waals surface area contributed by atoms with E-state index in [0.29, 0.717) is 11.3 Å². The van der Waals surface area contributed by atoms with E-state index in [2.05, 4.69) is 45.5 Å². The highest BCUT2D eigenvalue weighted by atomic mass is 79.9. The number of anilines is 1. The number of nitrogens with two attached hydrogens (primary N) is 1. The summed E-state index contributed by atoms with van der Waals surface area (Å²) in [4.78, 5) is 12.2. The quantitative estimate of drug-likeness (QED) is 0.364. The van der Waals surface area contributed by atoms with Gasteiger partial charge in [-0.1, -0.05) is 70.5 Å². The number of hydrogen-bond acceptors (Lipinski definition) is 5. The predicted octanol–water partition coefficient (Wildman–Crippen LogP) is 4.35. The molecule has 0 fully saturated rings. The third kappa shape index (κ3) is 4.65. The predicted molar refractivity (Wildman–Crippen MR) is 127 cm³/mol. The van der Waals surface area contributed by atoms with Crippen LogP contribution in [0.2, 0.25) is 0 Å². The Morgan fingerprint density at radius 2 is 1.66 bits per heavy atom. The summed E-state index contributed by atoms with van der Waals surface area (Å²) in [7, 11) is 0. The molecule has 3 aromatic carbocycles. The van der Waals surface area contributed by atoms with E-state index in [1.54, 1.807) is 18.2 Å². The van der Waals surface area contributed by atoms with Crippen molar-refractivity contribution in [2.75, 3.05) is 18.9 Å². The molecule has 1 aliphatic carbocycles. The van der Waals surface area contributed by atoms with Gasteiger partial charge in [-0.3, -0.25) is 0 Å². The molecule has 6 nitrogen and oxygen atoms in total. The molecule has 0 radical (unpaired) electrons. The molecule has 0 spiro atoms. The van der Waals surface area contributed by atoms with Gasteiger partial charge in [0.05, 0.1) is 6.10 Å². The summed E-state index contributed by atoms with van der Waals surface area (Å²) >= 11 is 3.31. The molecule has 0 aromatic heterocycles. The van der Waals surface area contributed by atoms with Crippen LogP contribution in [0, 0.1) is 0 Å². The highest BCUT2D eigenvalue weighted by molar-refractivity contribution is 9.10. The highest BCUT2D eigenvalue weighted by Gasteiger charge is 2.29. The molecule has 32 heavy (non-hydrogen) atoms. The molecular formula is C25H25BrN2O4. The molecule has 166 valence electrons. The lowest BCUT2D eigenvalue weighted by Gasteiger charge is -2.20. The number of fused-ring (bicyclic) bond motifs is 3. The maximum atomic E-state index is 12.2. The molecule has 5 N–H and O–H groups in total. The van der Waals surface area contributed by atoms with Crippen LogP contribution in [0.5, 0.6) is 0 Å². The van der Waals surface area contributed by atoms with Crippen LogP contribution in [0.1, 0.15) is 35.1 Å². The molecular weight excluding hydrogens is 472 g/mol. The first-order valence-electron chi connectivity index (χ1n) is 10.5. The number of ether oxygens (including phenoxy) is 1. The zero-order valence-electron chi connectivity index (χ0n) is 17.4. The third-order valence-corrected chi connectivity index (χ3v) is 6.28. The van der Waals surface area contributed by atoms with Crippen LogP contribution in [0.25, 0.3) is 11.1 Å². The molecule has 0 heterocycles. The number of rotatable bonds is 7. The van der Waals surface area contributed by atoms with E-state index >= 15 is 0 Å². The van der Waals surface area contributed by atoms with Gasteiger partial charge in [0.25, 0.3) is 0 Å². The fraction of sp³-hybridized carbons (Fsp3) is 0.240. The van der Waals surface area contributed by atoms with Crippen LogP contribution < -0.4 is 11.1 Å². The van der Waals surface area contributed by atoms with Gasteiger partial charge in [-0.25, -0.2) is 4.79 Å². The van der Waals surface area contributed by atoms with E-state index in [1.165, 1.54) is 11.1 Å². The normalized spacial score (nSPS) is 14.3. The number of nitrogen functional groups attached to an aromatic ring is 1. The summed E-state index contributed by atoms with van der Waals surface area (Å²) < 4.78 is 6.27. The molecule has 1 aliphatic rings. The second kappa shape index (κ2) is 9.73. The van der Waals surface area contributed by atoms with Crippen molar-refractivity contribution in [3.63, 3.8) is 0 Å². The first-order chi connectivity index (χ1) is 15.5. The van der Waals surface area contributed by atoms with Crippen LogP contribution in [0.3, 0.4) is 0 Å². The van der Waals surface area contributed by atoms with Crippen molar-refractivity contribution < 1.29 is 19.7 Å². The van der Waals surface area contributed by atoms with Crippen molar-refractivity contribution in [3.05, 3.63) is 87.9 Å². The lowest BCUT2D eigenvalue weighted by atomic mass is 9.98. The molecule has 0 saturated heterocycles. The monoisotopic (exact) mass is 496 g/mol. The van der Waals surface area contributed by atoms with Crippen LogP contribution >= 0.6 is 15.9 Å². The van der Waals surface area contributed by atoms with Gasteiger partial charge in [0.2, 0.25) is 0 Å². The van der Waals surface area contributed by atoms with Crippen molar-refractivity contribution in [2.24, 2.45) is 0 Å². The largest absolute Gasteiger partial charge is 0.449 e. The van der Waals surface area contributed by atoms with Crippen LogP contribution in [0.15, 0.2) is 71.2 Å². The number of aliphatic hydroxyl groups is 2. The Bertz CT molecular complexity index is 1080. The Hall–Kier alpha value is -2.87. The molecule has 7 heteroatoms. The van der Waals surface area contributed by atoms with Gasteiger partial charge in [0, 0.05) is 28.2 Å². The second-order valence-electron chi connectivity index (χ2n) is 7.83. The summed E-state index contributed by atoms with van der Waals surface area (Å²) in [6.07, 6.45) is -2.63. The number of carbonyl (C=O) groups is 1. The lowest BCUT2D eigenvalue weighted by molar-refractivity contribution is 0.0141. The van der Waals surface area contributed by atoms with Crippen molar-refractivity contribution >= 4 is 27.7 Å². The highest BCUT2D eigenvalue weighted by Crippen LogP contribution is 2.44. The fourth-order valence-corrected chi connectivity index (χ4v) is 4.53. The maximum absolute atomic E-state index is 12.2. The summed E-state index contributed by atoms with van der Waals surface area (Å²) in [6, 6.07) is 21.4. The number of carbonyl (C=O) groups excluding carboxylic acids is 1. The fourth-order valence-electron chi connectivity index (χ4n) is 4.15. The third-order valence-electron chi connectivity index (χ3n) is 5.79. The van der Waals surface area contributed by atoms with Gasteiger partial charge in [-0.2, -0.15) is 0 Å². The average molecular weight is 497 g/mol. The van der Waals surface area contributed by atoms with Gasteiger partial charge in [-0.15, -0.1) is 0 Å². The van der Waals surface area contributed by atoms with E-state index < -0.39 is 18.3 Å². The van der Waals surface area contributed by atoms with Gasteiger partial charge >= 0.3 is 6.09 Å². The number of aliphatic hydroxyl groups excluding tert-OH is 2. The van der Waals surface area contributed by atoms with Crippen molar-refractivity contribution in [1.29, 1.82) is 0 Å². The standard InChI is InChI=1S/C25H25BrN2O4/c26-15-9-10-20(22(27)13-15)24(30)23(29)11-12-28-25(31)32-14-21-18-7-3-1-5-16(18)17-6-2-4-8-19(17)21/h1-10,13,21,23-24,29-30H,11-12,14,27H2,(H,28,31). The molecule has 2 atom stereocenters. The Morgan fingerprint density at radius 3 is 2.28 bits per heavy atom. The number of hydrogen-bond donors (Lipinski definition) is 4. The number of nitrogens with one attached hydrogen (secondary N) is 1. The van der Waals surface area contributed by atoms with Gasteiger partial charge in [0.1, 0.15) is 12.7 Å². The van der Waals surface area contributed by atoms with E-state index in [1.807, 2.05) is 24.3 Å². The summed E-state index contributed by atoms with van der Waals surface area (Å²) in [5.74, 6) is -0.0130. The van der Waals surface area contributed by atoms with Crippen LogP contribution in [0.4, 0.5) is 10.5 Å². The molecule has 0 saturated carbocycles. The Balaban J connectivity index is 1.29. The topological polar surface area (TPSA) is 105 Å². The number of halogens is 1. The molecule has 1 amide bonds. The smallest absolute Gasteiger partial charge is 0.407 e. The summed E-state index contributed by atoms with van der Waals surface area (Å²) in [5.41, 5.74) is 11.4. The molecule has 2 unspecified atom stereocenters. The molecule has 0 bridgehead atoms. The van der Waals surface area contributed by atoms with Gasteiger partial charge in [-0.05, 0) is 40.8 Å². The average Bonchev–Trinajstić information content (AvgIpc) is 3.11. The van der Waals surface area contributed by atoms with Crippen molar-refractivity contribution in [3.8, 4) is 11.1 Å². The zero-order chi connectivity index (χ0) is 22.7. The first-order valence-corrected chi connectivity index (χ1v) is 11.2. The van der Waals surface area contributed by atoms with Gasteiger partial charge in [0.15, 0.2) is 0 Å². The summed E-state index contributed by atoms with van der Waals surface area (Å²) in [5, 5.41) is 23.3. The van der Waals surface area contributed by atoms with Crippen LogP contribution in [-0.2, 0) is 4.74 Å². The van der Waals surface area contributed by atoms with E-state index in [-0.39, 0.29) is 25.5 Å². The van der Waals surface area contributed by atoms with E-state index in [0.717, 1.165) is 15.6 Å². The Morgan fingerprint density at radius 1 is 1.03 bits per heavy atom. The lowest BCUT2D eigenvalue weighted by Crippen LogP contribution is -2.30. The number of amides is 1.